The van der Waals surface area contributed by atoms with Crippen molar-refractivity contribution in [3.05, 3.63) is 38.4 Å². The van der Waals surface area contributed by atoms with Crippen molar-refractivity contribution in [2.24, 2.45) is 10.5 Å². The van der Waals surface area contributed by atoms with Gasteiger partial charge in [0, 0.05) is 11.8 Å². The molecule has 0 saturated heterocycles. The number of benzene rings is 1. The summed E-state index contributed by atoms with van der Waals surface area (Å²) in [6, 6.07) is 3.23. The molecule has 0 aliphatic heterocycles. The fraction of sp³-hybridized carbons (Fsp3) is 0.467. The maximum absolute atomic E-state index is 11.0. The molecule has 10 nitrogen and oxygen atoms in total. The number of hydrazone groups is 1. The number of nitrogens with zero attached hydrogens (tertiary/aromatic N) is 3. The summed E-state index contributed by atoms with van der Waals surface area (Å²) < 4.78 is 0. The van der Waals surface area contributed by atoms with E-state index in [1.165, 1.54) is 6.07 Å². The van der Waals surface area contributed by atoms with Gasteiger partial charge in [-0.2, -0.15) is 5.10 Å². The zero-order valence-electron chi connectivity index (χ0n) is 14.2. The second-order valence-electron chi connectivity index (χ2n) is 6.22. The SMILES string of the molecule is C/C(CCCC(C)(C)C(=O)O)=N/Nc1ccc([N+](=O)[O-])cc1[N+](=O)[O-]. The highest BCUT2D eigenvalue weighted by atomic mass is 16.6. The van der Waals surface area contributed by atoms with E-state index in [1.807, 2.05) is 0 Å². The molecule has 0 spiro atoms. The molecule has 0 unspecified atom stereocenters. The van der Waals surface area contributed by atoms with Crippen LogP contribution >= 0.6 is 0 Å². The number of rotatable bonds is 9. The van der Waals surface area contributed by atoms with Crippen LogP contribution in [-0.4, -0.2) is 26.6 Å². The number of carbonyl (C=O) groups is 1. The van der Waals surface area contributed by atoms with Crippen molar-refractivity contribution in [2.75, 3.05) is 5.43 Å². The number of carboxylic acids is 1. The van der Waals surface area contributed by atoms with Gasteiger partial charge in [-0.1, -0.05) is 0 Å². The van der Waals surface area contributed by atoms with Gasteiger partial charge in [0.15, 0.2) is 0 Å². The van der Waals surface area contributed by atoms with Crippen LogP contribution in [0.25, 0.3) is 0 Å². The second kappa shape index (κ2) is 8.18. The third-order valence-electron chi connectivity index (χ3n) is 3.68. The van der Waals surface area contributed by atoms with E-state index in [0.717, 1.165) is 12.1 Å². The number of nitro groups is 2. The van der Waals surface area contributed by atoms with E-state index in [-0.39, 0.29) is 11.4 Å². The molecular formula is C15H20N4O6. The average Bonchev–Trinajstić information content (AvgIpc) is 2.52. The molecule has 1 aromatic rings. The van der Waals surface area contributed by atoms with Crippen LogP contribution in [0.1, 0.15) is 40.0 Å². The fourth-order valence-electron chi connectivity index (χ4n) is 1.98. The number of hydrogen-bond donors (Lipinski definition) is 2. The number of carboxylic acid groups (broad SMARTS) is 1. The van der Waals surface area contributed by atoms with E-state index >= 15 is 0 Å². The zero-order chi connectivity index (χ0) is 19.2. The standard InChI is InChI=1S/C15H20N4O6/c1-10(5-4-8-15(2,3)14(20)21)16-17-12-7-6-11(18(22)23)9-13(12)19(24)25/h6-7,9,17H,4-5,8H2,1-3H3,(H,20,21)/b16-10-. The predicted octanol–water partition coefficient (Wildman–Crippen LogP) is 3.57. The Morgan fingerprint density at radius 3 is 2.44 bits per heavy atom. The van der Waals surface area contributed by atoms with E-state index in [0.29, 0.717) is 25.0 Å². The Labute approximate surface area is 143 Å². The molecule has 0 radical (unpaired) electrons. The lowest BCUT2D eigenvalue weighted by molar-refractivity contribution is -0.393. The van der Waals surface area contributed by atoms with Crippen molar-refractivity contribution in [1.82, 2.24) is 0 Å². The van der Waals surface area contributed by atoms with Crippen molar-refractivity contribution in [1.29, 1.82) is 0 Å². The summed E-state index contributed by atoms with van der Waals surface area (Å²) in [5.41, 5.74) is 1.56. The first-order chi connectivity index (χ1) is 11.5. The lowest BCUT2D eigenvalue weighted by atomic mass is 9.87. The van der Waals surface area contributed by atoms with Crippen molar-refractivity contribution in [2.45, 2.75) is 40.0 Å². The van der Waals surface area contributed by atoms with E-state index in [1.54, 1.807) is 20.8 Å². The second-order valence-corrected chi connectivity index (χ2v) is 6.22. The quantitative estimate of drug-likeness (QED) is 0.392. The average molecular weight is 352 g/mol. The van der Waals surface area contributed by atoms with Gasteiger partial charge in [-0.25, -0.2) is 0 Å². The smallest absolute Gasteiger partial charge is 0.309 e. The van der Waals surface area contributed by atoms with Gasteiger partial charge >= 0.3 is 11.7 Å². The molecule has 25 heavy (non-hydrogen) atoms. The first-order valence-corrected chi connectivity index (χ1v) is 7.50. The Kier molecular flexibility index (Phi) is 6.54. The van der Waals surface area contributed by atoms with Gasteiger partial charge in [-0.05, 0) is 46.1 Å². The first kappa shape index (κ1) is 20.0. The molecular weight excluding hydrogens is 332 g/mol. The first-order valence-electron chi connectivity index (χ1n) is 7.50. The number of nitrogens with one attached hydrogen (secondary N) is 1. The summed E-state index contributed by atoms with van der Waals surface area (Å²) >= 11 is 0. The van der Waals surface area contributed by atoms with Gasteiger partial charge < -0.3 is 5.11 Å². The summed E-state index contributed by atoms with van der Waals surface area (Å²) in [4.78, 5) is 31.3. The number of anilines is 1. The molecule has 0 aliphatic carbocycles. The Hall–Kier alpha value is -3.04. The summed E-state index contributed by atoms with van der Waals surface area (Å²) in [6.45, 7) is 4.98. The lowest BCUT2D eigenvalue weighted by Gasteiger charge is -2.18. The third-order valence-corrected chi connectivity index (χ3v) is 3.68. The maximum atomic E-state index is 11.0. The van der Waals surface area contributed by atoms with Crippen LogP contribution in [0.4, 0.5) is 17.1 Å². The van der Waals surface area contributed by atoms with Crippen LogP contribution in [0.5, 0.6) is 0 Å². The summed E-state index contributed by atoms with van der Waals surface area (Å²) in [6.07, 6.45) is 1.58. The van der Waals surface area contributed by atoms with Crippen LogP contribution in [0.3, 0.4) is 0 Å². The van der Waals surface area contributed by atoms with Crippen molar-refractivity contribution in [3.8, 4) is 0 Å². The predicted molar refractivity (Wildman–Crippen MR) is 91.8 cm³/mol. The Bertz CT molecular complexity index is 714. The largest absolute Gasteiger partial charge is 0.481 e. The Morgan fingerprint density at radius 2 is 1.92 bits per heavy atom. The normalized spacial score (nSPS) is 11.9. The number of nitro benzene ring substituents is 2. The van der Waals surface area contributed by atoms with Crippen LogP contribution in [0.15, 0.2) is 23.3 Å². The highest BCUT2D eigenvalue weighted by Crippen LogP contribution is 2.29. The van der Waals surface area contributed by atoms with Crippen LogP contribution in [-0.2, 0) is 4.79 Å². The summed E-state index contributed by atoms with van der Waals surface area (Å²) in [5, 5.41) is 34.8. The van der Waals surface area contributed by atoms with E-state index < -0.39 is 26.9 Å². The molecule has 10 heteroatoms. The van der Waals surface area contributed by atoms with Gasteiger partial charge in [-0.15, -0.1) is 0 Å². The van der Waals surface area contributed by atoms with Crippen LogP contribution < -0.4 is 5.43 Å². The molecule has 0 bridgehead atoms. The highest BCUT2D eigenvalue weighted by Gasteiger charge is 2.26. The molecule has 0 saturated carbocycles. The summed E-state index contributed by atoms with van der Waals surface area (Å²) in [5.74, 6) is -0.873. The monoisotopic (exact) mass is 352 g/mol. The van der Waals surface area contributed by atoms with Crippen molar-refractivity contribution >= 4 is 28.7 Å². The molecule has 2 N–H and O–H groups in total. The minimum atomic E-state index is -0.873. The van der Waals surface area contributed by atoms with Crippen molar-refractivity contribution in [3.63, 3.8) is 0 Å². The van der Waals surface area contributed by atoms with Gasteiger partial charge in [0.1, 0.15) is 5.69 Å². The van der Waals surface area contributed by atoms with E-state index in [9.17, 15) is 25.0 Å². The van der Waals surface area contributed by atoms with Gasteiger partial charge in [0.25, 0.3) is 5.69 Å². The van der Waals surface area contributed by atoms with Crippen LogP contribution in [0, 0.1) is 25.6 Å². The van der Waals surface area contributed by atoms with Crippen molar-refractivity contribution < 1.29 is 19.7 Å². The van der Waals surface area contributed by atoms with E-state index in [4.69, 9.17) is 5.11 Å². The minimum absolute atomic E-state index is 0.0424. The van der Waals surface area contributed by atoms with Gasteiger partial charge in [0.05, 0.1) is 21.3 Å². The van der Waals surface area contributed by atoms with Gasteiger partial charge in [0.2, 0.25) is 0 Å². The lowest BCUT2D eigenvalue weighted by Crippen LogP contribution is -2.23. The molecule has 0 aromatic heterocycles. The number of non-ortho nitro benzene ring substituents is 1. The zero-order valence-corrected chi connectivity index (χ0v) is 14.2. The number of aliphatic carboxylic acids is 1. The fourth-order valence-corrected chi connectivity index (χ4v) is 1.98. The molecule has 1 rings (SSSR count). The van der Waals surface area contributed by atoms with Crippen LogP contribution in [0.2, 0.25) is 0 Å². The highest BCUT2D eigenvalue weighted by molar-refractivity contribution is 5.83. The topological polar surface area (TPSA) is 148 Å². The molecule has 0 amide bonds. The molecule has 0 heterocycles. The third kappa shape index (κ3) is 5.83. The maximum Gasteiger partial charge on any atom is 0.309 e. The molecule has 1 aromatic carbocycles. The number of hydrogen-bond acceptors (Lipinski definition) is 7. The Morgan fingerprint density at radius 1 is 1.28 bits per heavy atom. The molecule has 0 aliphatic rings. The Balaban J connectivity index is 2.75. The molecule has 136 valence electrons. The van der Waals surface area contributed by atoms with Gasteiger partial charge in [-0.3, -0.25) is 30.4 Å². The molecule has 0 atom stereocenters. The minimum Gasteiger partial charge on any atom is -0.481 e. The molecule has 0 fully saturated rings. The van der Waals surface area contributed by atoms with E-state index in [2.05, 4.69) is 10.5 Å². The summed E-state index contributed by atoms with van der Waals surface area (Å²) in [7, 11) is 0.